The van der Waals surface area contributed by atoms with Gasteiger partial charge in [-0.1, -0.05) is 13.0 Å². The highest BCUT2D eigenvalue weighted by atomic mass is 16.5. The van der Waals surface area contributed by atoms with Gasteiger partial charge in [0.15, 0.2) is 6.10 Å². The van der Waals surface area contributed by atoms with Crippen LogP contribution in [0.3, 0.4) is 0 Å². The van der Waals surface area contributed by atoms with Gasteiger partial charge in [-0.3, -0.25) is 14.5 Å². The highest BCUT2D eigenvalue weighted by Gasteiger charge is 2.42. The number of ether oxygens (including phenoxy) is 2. The van der Waals surface area contributed by atoms with Gasteiger partial charge in [-0.25, -0.2) is 0 Å². The Morgan fingerprint density at radius 1 is 1.33 bits per heavy atom. The summed E-state index contributed by atoms with van der Waals surface area (Å²) in [6, 6.07) is 0. The molecule has 0 aromatic carbocycles. The zero-order valence-electron chi connectivity index (χ0n) is 10.2. The van der Waals surface area contributed by atoms with Gasteiger partial charge < -0.3 is 14.6 Å². The van der Waals surface area contributed by atoms with Gasteiger partial charge in [0.05, 0.1) is 38.4 Å². The van der Waals surface area contributed by atoms with Crippen LogP contribution in [-0.2, 0) is 19.1 Å². The quantitative estimate of drug-likeness (QED) is 0.400. The molecule has 2 amide bonds. The predicted octanol–water partition coefficient (Wildman–Crippen LogP) is -0.676. The molecule has 2 heterocycles. The second-order valence-corrected chi connectivity index (χ2v) is 4.36. The fraction of sp³-hybridized carbons (Fsp3) is 0.667. The minimum atomic E-state index is -0.651. The molecule has 2 bridgehead atoms. The van der Waals surface area contributed by atoms with Crippen molar-refractivity contribution in [2.75, 3.05) is 26.4 Å². The van der Waals surface area contributed by atoms with Crippen molar-refractivity contribution in [3.8, 4) is 0 Å². The van der Waals surface area contributed by atoms with Crippen LogP contribution in [0.2, 0.25) is 0 Å². The molecule has 6 nitrogen and oxygen atoms in total. The lowest BCUT2D eigenvalue weighted by molar-refractivity contribution is -0.148. The highest BCUT2D eigenvalue weighted by molar-refractivity contribution is 6.00. The van der Waals surface area contributed by atoms with Gasteiger partial charge in [-0.15, -0.1) is 0 Å². The Balaban J connectivity index is 2.01. The largest absolute Gasteiger partial charge is 0.394 e. The first-order valence-electron chi connectivity index (χ1n) is 6.02. The maximum absolute atomic E-state index is 12.1. The third-order valence-corrected chi connectivity index (χ3v) is 3.13. The Bertz CT molecular complexity index is 367. The van der Waals surface area contributed by atoms with Crippen LogP contribution < -0.4 is 0 Å². The molecule has 0 spiro atoms. The molecule has 0 aromatic heterocycles. The number of amides is 2. The molecule has 2 aliphatic heterocycles. The first kappa shape index (κ1) is 13.2. The third-order valence-electron chi connectivity index (χ3n) is 3.13. The Labute approximate surface area is 105 Å². The number of hydrogen-bond acceptors (Lipinski definition) is 5. The summed E-state index contributed by atoms with van der Waals surface area (Å²) in [6.07, 6.45) is 2.50. The molecule has 2 aliphatic rings. The molecule has 2 rings (SSSR count). The van der Waals surface area contributed by atoms with Crippen LogP contribution in [0.4, 0.5) is 0 Å². The molecule has 3 atom stereocenters. The minimum absolute atomic E-state index is 0.0746. The lowest BCUT2D eigenvalue weighted by Crippen LogP contribution is -2.45. The van der Waals surface area contributed by atoms with Gasteiger partial charge in [-0.2, -0.15) is 0 Å². The van der Waals surface area contributed by atoms with Crippen molar-refractivity contribution in [1.82, 2.24) is 4.90 Å². The fourth-order valence-electron chi connectivity index (χ4n) is 2.09. The second-order valence-electron chi connectivity index (χ2n) is 4.36. The summed E-state index contributed by atoms with van der Waals surface area (Å²) in [7, 11) is 0. The molecule has 1 N–H and O–H groups in total. The van der Waals surface area contributed by atoms with Gasteiger partial charge in [0, 0.05) is 0 Å². The van der Waals surface area contributed by atoms with E-state index in [1.54, 1.807) is 19.1 Å². The zero-order chi connectivity index (χ0) is 13.1. The summed E-state index contributed by atoms with van der Waals surface area (Å²) >= 11 is 0. The normalized spacial score (nSPS) is 31.0. The maximum atomic E-state index is 12.1. The average Bonchev–Trinajstić information content (AvgIpc) is 2.83. The summed E-state index contributed by atoms with van der Waals surface area (Å²) < 4.78 is 10.6. The molecule has 0 aromatic rings. The van der Waals surface area contributed by atoms with E-state index in [0.717, 1.165) is 0 Å². The average molecular weight is 255 g/mol. The summed E-state index contributed by atoms with van der Waals surface area (Å²) in [4.78, 5) is 25.3. The molecule has 0 aliphatic carbocycles. The molecule has 1 fully saturated rings. The lowest BCUT2D eigenvalue weighted by atomic mass is 10.0. The molecule has 0 saturated carbocycles. The summed E-state index contributed by atoms with van der Waals surface area (Å²) in [5.74, 6) is -0.935. The van der Waals surface area contributed by atoms with Crippen molar-refractivity contribution in [3.05, 3.63) is 12.2 Å². The molecule has 2 unspecified atom stereocenters. The van der Waals surface area contributed by atoms with Crippen LogP contribution in [0.25, 0.3) is 0 Å². The summed E-state index contributed by atoms with van der Waals surface area (Å²) in [6.45, 7) is 2.30. The molecule has 100 valence electrons. The van der Waals surface area contributed by atoms with E-state index in [4.69, 9.17) is 14.6 Å². The van der Waals surface area contributed by atoms with E-state index in [9.17, 15) is 9.59 Å². The van der Waals surface area contributed by atoms with Crippen LogP contribution >= 0.6 is 0 Å². The molecular formula is C12H17NO5. The maximum Gasteiger partial charge on any atom is 0.262 e. The predicted molar refractivity (Wildman–Crippen MR) is 61.6 cm³/mol. The number of rotatable bonds is 5. The van der Waals surface area contributed by atoms with Crippen LogP contribution in [-0.4, -0.2) is 60.4 Å². The molecule has 6 heteroatoms. The lowest BCUT2D eigenvalue weighted by Gasteiger charge is -2.23. The minimum Gasteiger partial charge on any atom is -0.394 e. The Kier molecular flexibility index (Phi) is 4.11. The Hall–Kier alpha value is -1.24. The number of aliphatic hydroxyl groups is 1. The van der Waals surface area contributed by atoms with Crippen LogP contribution in [0, 0.1) is 5.92 Å². The SMILES string of the molecule is C[C@@H]1C(=O)N(CCOCCO)C(=O)C2C=CC1O2. The van der Waals surface area contributed by atoms with Crippen LogP contribution in [0.5, 0.6) is 0 Å². The van der Waals surface area contributed by atoms with Gasteiger partial charge in [0.25, 0.3) is 5.91 Å². The van der Waals surface area contributed by atoms with Crippen molar-refractivity contribution in [2.45, 2.75) is 19.1 Å². The summed E-state index contributed by atoms with van der Waals surface area (Å²) in [5.41, 5.74) is 0. The number of aliphatic hydroxyl groups excluding tert-OH is 1. The number of imide groups is 1. The zero-order valence-corrected chi connectivity index (χ0v) is 10.2. The smallest absolute Gasteiger partial charge is 0.262 e. The monoisotopic (exact) mass is 255 g/mol. The number of fused-ring (bicyclic) bond motifs is 2. The first-order valence-corrected chi connectivity index (χ1v) is 6.02. The van der Waals surface area contributed by atoms with E-state index < -0.39 is 6.10 Å². The molecule has 18 heavy (non-hydrogen) atoms. The topological polar surface area (TPSA) is 76.1 Å². The van der Waals surface area contributed by atoms with Gasteiger partial charge >= 0.3 is 0 Å². The standard InChI is InChI=1S/C12H17NO5/c1-8-9-2-3-10(18-9)12(16)13(11(8)15)4-6-17-7-5-14/h2-3,8-10,14H,4-7H2,1H3/t8-,9?,10?/m0/s1. The van der Waals surface area contributed by atoms with Crippen LogP contribution in [0.15, 0.2) is 12.2 Å². The highest BCUT2D eigenvalue weighted by Crippen LogP contribution is 2.26. The second kappa shape index (κ2) is 5.60. The number of carbonyl (C=O) groups excluding carboxylic acids is 2. The number of carbonyl (C=O) groups is 2. The van der Waals surface area contributed by atoms with Crippen molar-refractivity contribution in [2.24, 2.45) is 5.92 Å². The molecule has 1 saturated heterocycles. The Morgan fingerprint density at radius 3 is 2.83 bits per heavy atom. The molecular weight excluding hydrogens is 238 g/mol. The molecule has 0 radical (unpaired) electrons. The Morgan fingerprint density at radius 2 is 2.11 bits per heavy atom. The van der Waals surface area contributed by atoms with Crippen LogP contribution in [0.1, 0.15) is 6.92 Å². The van der Waals surface area contributed by atoms with E-state index >= 15 is 0 Å². The number of hydrogen-bond donors (Lipinski definition) is 1. The van der Waals surface area contributed by atoms with Gasteiger partial charge in [-0.05, 0) is 6.08 Å². The van der Waals surface area contributed by atoms with E-state index in [1.807, 2.05) is 0 Å². The van der Waals surface area contributed by atoms with Gasteiger partial charge in [0.1, 0.15) is 0 Å². The summed E-state index contributed by atoms with van der Waals surface area (Å²) in [5, 5.41) is 8.58. The van der Waals surface area contributed by atoms with Gasteiger partial charge in [0.2, 0.25) is 5.91 Å². The fourth-order valence-corrected chi connectivity index (χ4v) is 2.09. The van der Waals surface area contributed by atoms with E-state index in [1.165, 1.54) is 4.90 Å². The van der Waals surface area contributed by atoms with E-state index in [0.29, 0.717) is 0 Å². The van der Waals surface area contributed by atoms with Crippen molar-refractivity contribution < 1.29 is 24.2 Å². The van der Waals surface area contributed by atoms with Crippen molar-refractivity contribution in [3.63, 3.8) is 0 Å². The van der Waals surface area contributed by atoms with E-state index in [-0.39, 0.29) is 50.2 Å². The first-order chi connectivity index (χ1) is 8.65. The van der Waals surface area contributed by atoms with E-state index in [2.05, 4.69) is 0 Å². The van der Waals surface area contributed by atoms with Crippen molar-refractivity contribution in [1.29, 1.82) is 0 Å². The van der Waals surface area contributed by atoms with Crippen molar-refractivity contribution >= 4 is 11.8 Å². The third kappa shape index (κ3) is 2.45. The number of nitrogens with zero attached hydrogens (tertiary/aromatic N) is 1.